The minimum Gasteiger partial charge on any atom is -0.373 e. The molecule has 3 atom stereocenters. The van der Waals surface area contributed by atoms with E-state index in [1.807, 2.05) is 11.8 Å². The van der Waals surface area contributed by atoms with Gasteiger partial charge in [0.15, 0.2) is 0 Å². The lowest BCUT2D eigenvalue weighted by Crippen LogP contribution is -2.52. The number of thioether (sulfide) groups is 1. The molecule has 1 unspecified atom stereocenters. The van der Waals surface area contributed by atoms with E-state index in [1.54, 1.807) is 0 Å². The molecule has 1 saturated heterocycles. The molecule has 4 heteroatoms. The average Bonchev–Trinajstić information content (AvgIpc) is 2.23. The van der Waals surface area contributed by atoms with Crippen molar-refractivity contribution in [1.29, 1.82) is 0 Å². The van der Waals surface area contributed by atoms with Gasteiger partial charge in [0.2, 0.25) is 0 Å². The lowest BCUT2D eigenvalue weighted by atomic mass is 10.1. The maximum atomic E-state index is 5.88. The molecular formula is C12H26N2OS. The molecule has 16 heavy (non-hydrogen) atoms. The van der Waals surface area contributed by atoms with Crippen molar-refractivity contribution in [2.75, 3.05) is 31.1 Å². The second kappa shape index (κ2) is 7.54. The Hall–Kier alpha value is 0.230. The van der Waals surface area contributed by atoms with Gasteiger partial charge in [0.25, 0.3) is 0 Å². The largest absolute Gasteiger partial charge is 0.373 e. The molecule has 1 aliphatic rings. The third-order valence-electron chi connectivity index (χ3n) is 3.04. The van der Waals surface area contributed by atoms with Crippen molar-refractivity contribution in [1.82, 2.24) is 4.90 Å². The van der Waals surface area contributed by atoms with Crippen molar-refractivity contribution in [3.63, 3.8) is 0 Å². The standard InChI is InChI=1S/C12H26N2OS/c1-4-16-6-5-12(7-13)14-8-10(2)15-11(3)9-14/h10-12H,4-9,13H2,1-3H3/t10-,11+,12?. The van der Waals surface area contributed by atoms with Crippen LogP contribution in [0.5, 0.6) is 0 Å². The van der Waals surface area contributed by atoms with Gasteiger partial charge in [-0.3, -0.25) is 4.90 Å². The average molecular weight is 246 g/mol. The number of nitrogens with zero attached hydrogens (tertiary/aromatic N) is 1. The van der Waals surface area contributed by atoms with Crippen LogP contribution in [0.2, 0.25) is 0 Å². The van der Waals surface area contributed by atoms with Crippen molar-refractivity contribution >= 4 is 11.8 Å². The summed E-state index contributed by atoms with van der Waals surface area (Å²) < 4.78 is 5.75. The molecule has 0 aromatic rings. The van der Waals surface area contributed by atoms with E-state index < -0.39 is 0 Å². The predicted molar refractivity (Wildman–Crippen MR) is 72.0 cm³/mol. The number of hydrogen-bond donors (Lipinski definition) is 1. The van der Waals surface area contributed by atoms with Crippen LogP contribution in [0.15, 0.2) is 0 Å². The van der Waals surface area contributed by atoms with Crippen molar-refractivity contribution in [2.45, 2.75) is 45.4 Å². The van der Waals surface area contributed by atoms with Gasteiger partial charge in [-0.25, -0.2) is 0 Å². The highest BCUT2D eigenvalue weighted by atomic mass is 32.2. The van der Waals surface area contributed by atoms with Crippen LogP contribution < -0.4 is 5.73 Å². The SMILES string of the molecule is CCSCCC(CN)N1C[C@@H](C)O[C@@H](C)C1. The minimum absolute atomic E-state index is 0.344. The van der Waals surface area contributed by atoms with Crippen molar-refractivity contribution in [3.05, 3.63) is 0 Å². The summed E-state index contributed by atoms with van der Waals surface area (Å²) in [4.78, 5) is 2.51. The number of rotatable bonds is 6. The van der Waals surface area contributed by atoms with Gasteiger partial charge < -0.3 is 10.5 Å². The molecule has 0 aromatic heterocycles. The molecule has 0 bridgehead atoms. The second-order valence-electron chi connectivity index (χ2n) is 4.59. The van der Waals surface area contributed by atoms with Crippen LogP contribution in [0.4, 0.5) is 0 Å². The van der Waals surface area contributed by atoms with Crippen LogP contribution in [0.3, 0.4) is 0 Å². The smallest absolute Gasteiger partial charge is 0.0678 e. The zero-order valence-electron chi connectivity index (χ0n) is 10.8. The molecule has 0 amide bonds. The summed E-state index contributed by atoms with van der Waals surface area (Å²) in [5.74, 6) is 2.42. The summed E-state index contributed by atoms with van der Waals surface area (Å²) in [5, 5.41) is 0. The second-order valence-corrected chi connectivity index (χ2v) is 5.98. The van der Waals surface area contributed by atoms with Crippen molar-refractivity contribution in [2.24, 2.45) is 5.73 Å². The normalized spacial score (nSPS) is 29.2. The summed E-state index contributed by atoms with van der Waals surface area (Å²) in [5.41, 5.74) is 5.88. The first-order valence-electron chi connectivity index (χ1n) is 6.34. The van der Waals surface area contributed by atoms with Crippen LogP contribution in [-0.4, -0.2) is 54.3 Å². The number of hydrogen-bond acceptors (Lipinski definition) is 4. The molecule has 1 rings (SSSR count). The highest BCUT2D eigenvalue weighted by Crippen LogP contribution is 2.16. The van der Waals surface area contributed by atoms with Crippen molar-refractivity contribution in [3.8, 4) is 0 Å². The van der Waals surface area contributed by atoms with E-state index in [0.717, 1.165) is 19.6 Å². The summed E-state index contributed by atoms with van der Waals surface area (Å²) in [6.45, 7) is 9.34. The van der Waals surface area contributed by atoms with Gasteiger partial charge in [-0.2, -0.15) is 11.8 Å². The maximum Gasteiger partial charge on any atom is 0.0678 e. The minimum atomic E-state index is 0.344. The fourth-order valence-electron chi connectivity index (χ4n) is 2.33. The van der Waals surface area contributed by atoms with Crippen LogP contribution in [0.1, 0.15) is 27.2 Å². The molecule has 0 saturated carbocycles. The Morgan fingerprint density at radius 3 is 2.50 bits per heavy atom. The summed E-state index contributed by atoms with van der Waals surface area (Å²) in [6, 6.07) is 0.535. The molecular weight excluding hydrogens is 220 g/mol. The zero-order chi connectivity index (χ0) is 12.0. The first-order chi connectivity index (χ1) is 7.67. The van der Waals surface area contributed by atoms with Crippen LogP contribution in [0.25, 0.3) is 0 Å². The fraction of sp³-hybridized carbons (Fsp3) is 1.00. The Morgan fingerprint density at radius 2 is 2.00 bits per heavy atom. The Kier molecular flexibility index (Phi) is 6.73. The van der Waals surface area contributed by atoms with Gasteiger partial charge in [-0.15, -0.1) is 0 Å². The molecule has 0 aromatic carbocycles. The quantitative estimate of drug-likeness (QED) is 0.722. The monoisotopic (exact) mass is 246 g/mol. The van der Waals surface area contributed by atoms with E-state index in [1.165, 1.54) is 17.9 Å². The molecule has 0 spiro atoms. The number of morpholine rings is 1. The Bertz CT molecular complexity index is 182. The zero-order valence-corrected chi connectivity index (χ0v) is 11.6. The van der Waals surface area contributed by atoms with Crippen LogP contribution in [-0.2, 0) is 4.74 Å². The molecule has 1 heterocycles. The summed E-state index contributed by atoms with van der Waals surface area (Å²) in [7, 11) is 0. The van der Waals surface area contributed by atoms with Gasteiger partial charge in [0.1, 0.15) is 0 Å². The van der Waals surface area contributed by atoms with E-state index in [2.05, 4.69) is 25.7 Å². The molecule has 2 N–H and O–H groups in total. The molecule has 0 aliphatic carbocycles. The third-order valence-corrected chi connectivity index (χ3v) is 3.97. The van der Waals surface area contributed by atoms with E-state index in [-0.39, 0.29) is 0 Å². The first kappa shape index (κ1) is 14.3. The topological polar surface area (TPSA) is 38.5 Å². The predicted octanol–water partition coefficient (Wildman–Crippen LogP) is 1.57. The number of nitrogens with two attached hydrogens (primary N) is 1. The number of ether oxygens (including phenoxy) is 1. The summed E-state index contributed by atoms with van der Waals surface area (Å²) in [6.07, 6.45) is 1.89. The molecule has 1 aliphatic heterocycles. The fourth-order valence-corrected chi connectivity index (χ4v) is 3.06. The molecule has 3 nitrogen and oxygen atoms in total. The maximum absolute atomic E-state index is 5.88. The van der Waals surface area contributed by atoms with Gasteiger partial charge in [-0.1, -0.05) is 6.92 Å². The first-order valence-corrected chi connectivity index (χ1v) is 7.50. The molecule has 1 fully saturated rings. The third kappa shape index (κ3) is 4.62. The van der Waals surface area contributed by atoms with Gasteiger partial charge in [0, 0.05) is 25.7 Å². The Morgan fingerprint density at radius 1 is 1.38 bits per heavy atom. The lowest BCUT2D eigenvalue weighted by molar-refractivity contribution is -0.0795. The van der Waals surface area contributed by atoms with Crippen LogP contribution >= 0.6 is 11.8 Å². The Labute approximate surface area is 104 Å². The highest BCUT2D eigenvalue weighted by molar-refractivity contribution is 7.99. The van der Waals surface area contributed by atoms with Gasteiger partial charge in [-0.05, 0) is 31.8 Å². The Balaban J connectivity index is 2.38. The molecule has 0 radical (unpaired) electrons. The summed E-state index contributed by atoms with van der Waals surface area (Å²) >= 11 is 2.00. The van der Waals surface area contributed by atoms with Crippen molar-refractivity contribution < 1.29 is 4.74 Å². The van der Waals surface area contributed by atoms with Gasteiger partial charge in [0.05, 0.1) is 12.2 Å². The lowest BCUT2D eigenvalue weighted by Gasteiger charge is -2.39. The van der Waals surface area contributed by atoms with E-state index >= 15 is 0 Å². The van der Waals surface area contributed by atoms with Gasteiger partial charge >= 0.3 is 0 Å². The van der Waals surface area contributed by atoms with E-state index in [0.29, 0.717) is 18.2 Å². The van der Waals surface area contributed by atoms with E-state index in [4.69, 9.17) is 10.5 Å². The van der Waals surface area contributed by atoms with E-state index in [9.17, 15) is 0 Å². The highest BCUT2D eigenvalue weighted by Gasteiger charge is 2.26. The van der Waals surface area contributed by atoms with Crippen LogP contribution in [0, 0.1) is 0 Å². The molecule has 96 valence electrons.